The number of nitrogens with zero attached hydrogens (tertiary/aromatic N) is 2. The van der Waals surface area contributed by atoms with Crippen molar-refractivity contribution >= 4 is 15.9 Å². The molecule has 0 aliphatic carbocycles. The van der Waals surface area contributed by atoms with E-state index in [-0.39, 0.29) is 6.23 Å². The standard InChI is InChI=1S/C8H11BrN2O/c9-7-4-5-10-11(7)8-3-1-2-6-12-8/h4-5,8H,1-3,6H2. The smallest absolute Gasteiger partial charge is 0.151 e. The van der Waals surface area contributed by atoms with Crippen LogP contribution in [0.2, 0.25) is 0 Å². The predicted octanol–water partition coefficient (Wildman–Crippen LogP) is 2.34. The van der Waals surface area contributed by atoms with E-state index >= 15 is 0 Å². The number of rotatable bonds is 1. The van der Waals surface area contributed by atoms with Crippen molar-refractivity contribution in [2.45, 2.75) is 25.5 Å². The molecule has 1 saturated heterocycles. The van der Waals surface area contributed by atoms with Crippen molar-refractivity contribution in [2.75, 3.05) is 6.61 Å². The van der Waals surface area contributed by atoms with Crippen LogP contribution >= 0.6 is 15.9 Å². The number of hydrogen-bond acceptors (Lipinski definition) is 2. The van der Waals surface area contributed by atoms with Crippen LogP contribution in [0.5, 0.6) is 0 Å². The Labute approximate surface area is 79.8 Å². The van der Waals surface area contributed by atoms with Crippen LogP contribution in [0, 0.1) is 0 Å². The summed E-state index contributed by atoms with van der Waals surface area (Å²) in [6, 6.07) is 1.93. The molecule has 0 radical (unpaired) electrons. The maximum absolute atomic E-state index is 5.57. The topological polar surface area (TPSA) is 27.1 Å². The molecular weight excluding hydrogens is 220 g/mol. The van der Waals surface area contributed by atoms with Crippen LogP contribution in [0.25, 0.3) is 0 Å². The molecule has 0 amide bonds. The van der Waals surface area contributed by atoms with Crippen LogP contribution < -0.4 is 0 Å². The van der Waals surface area contributed by atoms with Gasteiger partial charge in [0.05, 0.1) is 6.20 Å². The molecule has 2 heterocycles. The normalized spacial score (nSPS) is 24.2. The molecule has 4 heteroatoms. The lowest BCUT2D eigenvalue weighted by Crippen LogP contribution is -2.19. The molecule has 0 bridgehead atoms. The Balaban J connectivity index is 2.13. The summed E-state index contributed by atoms with van der Waals surface area (Å²) in [6.07, 6.45) is 5.40. The fourth-order valence-corrected chi connectivity index (χ4v) is 1.86. The summed E-state index contributed by atoms with van der Waals surface area (Å²) < 4.78 is 8.46. The lowest BCUT2D eigenvalue weighted by atomic mass is 10.2. The Kier molecular flexibility index (Phi) is 2.46. The third-order valence-corrected chi connectivity index (χ3v) is 2.68. The largest absolute Gasteiger partial charge is 0.356 e. The number of aromatic nitrogens is 2. The van der Waals surface area contributed by atoms with Gasteiger partial charge in [0.2, 0.25) is 0 Å². The van der Waals surface area contributed by atoms with E-state index < -0.39 is 0 Å². The van der Waals surface area contributed by atoms with Crippen molar-refractivity contribution in [2.24, 2.45) is 0 Å². The molecule has 66 valence electrons. The van der Waals surface area contributed by atoms with E-state index in [1.165, 1.54) is 12.8 Å². The second-order valence-corrected chi connectivity index (χ2v) is 3.73. The van der Waals surface area contributed by atoms with Gasteiger partial charge in [-0.25, -0.2) is 4.68 Å². The third kappa shape index (κ3) is 1.54. The van der Waals surface area contributed by atoms with Gasteiger partial charge in [-0.1, -0.05) is 0 Å². The molecule has 1 aromatic heterocycles. The Hall–Kier alpha value is -0.350. The summed E-state index contributed by atoms with van der Waals surface area (Å²) >= 11 is 3.42. The van der Waals surface area contributed by atoms with Gasteiger partial charge in [0, 0.05) is 6.61 Å². The van der Waals surface area contributed by atoms with Crippen molar-refractivity contribution in [3.05, 3.63) is 16.9 Å². The van der Waals surface area contributed by atoms with Crippen LogP contribution in [0.1, 0.15) is 25.5 Å². The molecule has 1 atom stereocenters. The van der Waals surface area contributed by atoms with E-state index in [0.29, 0.717) is 0 Å². The molecule has 0 aromatic carbocycles. The molecule has 2 rings (SSSR count). The van der Waals surface area contributed by atoms with Crippen LogP contribution in [0.15, 0.2) is 16.9 Å². The monoisotopic (exact) mass is 230 g/mol. The molecule has 0 N–H and O–H groups in total. The Morgan fingerprint density at radius 2 is 2.50 bits per heavy atom. The van der Waals surface area contributed by atoms with Crippen molar-refractivity contribution in [1.82, 2.24) is 9.78 Å². The maximum atomic E-state index is 5.57. The minimum atomic E-state index is 0.142. The van der Waals surface area contributed by atoms with E-state index in [1.807, 2.05) is 10.7 Å². The first kappa shape index (κ1) is 8.26. The van der Waals surface area contributed by atoms with E-state index in [4.69, 9.17) is 4.74 Å². The van der Waals surface area contributed by atoms with Crippen LogP contribution in [0.3, 0.4) is 0 Å². The zero-order valence-electron chi connectivity index (χ0n) is 6.74. The average molecular weight is 231 g/mol. The fourth-order valence-electron chi connectivity index (χ4n) is 1.43. The van der Waals surface area contributed by atoms with Gasteiger partial charge >= 0.3 is 0 Å². The van der Waals surface area contributed by atoms with E-state index in [0.717, 1.165) is 17.6 Å². The quantitative estimate of drug-likeness (QED) is 0.741. The van der Waals surface area contributed by atoms with Gasteiger partial charge < -0.3 is 4.74 Å². The van der Waals surface area contributed by atoms with Crippen LogP contribution in [-0.2, 0) is 4.74 Å². The predicted molar refractivity (Wildman–Crippen MR) is 48.8 cm³/mol. The van der Waals surface area contributed by atoms with Gasteiger partial charge in [-0.05, 0) is 41.3 Å². The first-order chi connectivity index (χ1) is 5.88. The fraction of sp³-hybridized carbons (Fsp3) is 0.625. The van der Waals surface area contributed by atoms with Gasteiger partial charge in [-0.3, -0.25) is 0 Å². The van der Waals surface area contributed by atoms with E-state index in [1.54, 1.807) is 6.20 Å². The van der Waals surface area contributed by atoms with Crippen molar-refractivity contribution in [1.29, 1.82) is 0 Å². The zero-order valence-corrected chi connectivity index (χ0v) is 8.33. The molecule has 1 aliphatic heterocycles. The van der Waals surface area contributed by atoms with Gasteiger partial charge in [-0.2, -0.15) is 5.10 Å². The number of halogens is 1. The zero-order chi connectivity index (χ0) is 8.39. The summed E-state index contributed by atoms with van der Waals surface area (Å²) in [4.78, 5) is 0. The molecule has 1 aliphatic rings. The van der Waals surface area contributed by atoms with Gasteiger partial charge in [0.1, 0.15) is 4.60 Å². The molecule has 1 unspecified atom stereocenters. The third-order valence-electron chi connectivity index (χ3n) is 2.05. The van der Waals surface area contributed by atoms with Gasteiger partial charge in [0.15, 0.2) is 6.23 Å². The minimum absolute atomic E-state index is 0.142. The number of hydrogen-bond donors (Lipinski definition) is 0. The highest BCUT2D eigenvalue weighted by Crippen LogP contribution is 2.24. The highest BCUT2D eigenvalue weighted by molar-refractivity contribution is 9.10. The maximum Gasteiger partial charge on any atom is 0.151 e. The Morgan fingerprint density at radius 1 is 1.58 bits per heavy atom. The molecule has 1 aromatic rings. The van der Waals surface area contributed by atoms with Gasteiger partial charge in [-0.15, -0.1) is 0 Å². The first-order valence-electron chi connectivity index (χ1n) is 4.18. The highest BCUT2D eigenvalue weighted by atomic mass is 79.9. The minimum Gasteiger partial charge on any atom is -0.356 e. The second kappa shape index (κ2) is 3.58. The molecule has 1 fully saturated rings. The van der Waals surface area contributed by atoms with E-state index in [2.05, 4.69) is 21.0 Å². The summed E-state index contributed by atoms with van der Waals surface area (Å²) in [6.45, 7) is 0.858. The van der Waals surface area contributed by atoms with Crippen LogP contribution in [0.4, 0.5) is 0 Å². The summed E-state index contributed by atoms with van der Waals surface area (Å²) in [5.74, 6) is 0. The SMILES string of the molecule is Brc1ccnn1C1CCCCO1. The molecule has 12 heavy (non-hydrogen) atoms. The molecule has 0 spiro atoms. The average Bonchev–Trinajstić information content (AvgIpc) is 2.53. The number of ether oxygens (including phenoxy) is 1. The second-order valence-electron chi connectivity index (χ2n) is 2.92. The molecule has 0 saturated carbocycles. The lowest BCUT2D eigenvalue weighted by Gasteiger charge is -2.23. The summed E-state index contributed by atoms with van der Waals surface area (Å²) in [5, 5.41) is 4.18. The Morgan fingerprint density at radius 3 is 3.08 bits per heavy atom. The highest BCUT2D eigenvalue weighted by Gasteiger charge is 2.17. The van der Waals surface area contributed by atoms with Crippen molar-refractivity contribution < 1.29 is 4.74 Å². The van der Waals surface area contributed by atoms with E-state index in [9.17, 15) is 0 Å². The van der Waals surface area contributed by atoms with Crippen molar-refractivity contribution in [3.8, 4) is 0 Å². The Bertz CT molecular complexity index is 255. The summed E-state index contributed by atoms with van der Waals surface area (Å²) in [7, 11) is 0. The molecular formula is C8H11BrN2O. The summed E-state index contributed by atoms with van der Waals surface area (Å²) in [5.41, 5.74) is 0. The van der Waals surface area contributed by atoms with Crippen LogP contribution in [-0.4, -0.2) is 16.4 Å². The van der Waals surface area contributed by atoms with Gasteiger partial charge in [0.25, 0.3) is 0 Å². The van der Waals surface area contributed by atoms with Crippen molar-refractivity contribution in [3.63, 3.8) is 0 Å². The lowest BCUT2D eigenvalue weighted by molar-refractivity contribution is -0.0408. The first-order valence-corrected chi connectivity index (χ1v) is 4.98. The molecule has 3 nitrogen and oxygen atoms in total.